The normalized spacial score (nSPS) is 8.60. The molecule has 0 saturated carbocycles. The molecule has 0 fully saturated rings. The van der Waals surface area contributed by atoms with E-state index in [0.29, 0.717) is 5.69 Å². The molecule has 0 spiro atoms. The number of aromatic nitrogens is 1. The van der Waals surface area contributed by atoms with Crippen molar-refractivity contribution in [1.29, 1.82) is 0 Å². The lowest BCUT2D eigenvalue weighted by atomic mass is 10.5. The van der Waals surface area contributed by atoms with Crippen LogP contribution in [0.1, 0.15) is 15.5 Å². The molecule has 0 unspecified atom stereocenters. The van der Waals surface area contributed by atoms with Gasteiger partial charge in [0.15, 0.2) is 0 Å². The minimum absolute atomic E-state index is 0. The van der Waals surface area contributed by atoms with Gasteiger partial charge in [-0.05, 0) is 18.5 Å². The molecule has 0 atom stereocenters. The molecule has 10 heavy (non-hydrogen) atoms. The zero-order chi connectivity index (χ0) is 6.85. The summed E-state index contributed by atoms with van der Waals surface area (Å²) in [6, 6.07) is 0. The standard InChI is InChI=1S/C5H4ClNOS.ClH/c1-3-7-4(2-9-3)5(6)8;/h2H,1H3;1H. The largest absolute Gasteiger partial charge is 0.274 e. The van der Waals surface area contributed by atoms with Crippen molar-refractivity contribution in [3.05, 3.63) is 16.1 Å². The summed E-state index contributed by atoms with van der Waals surface area (Å²) in [5, 5.41) is 2.02. The molecule has 1 heterocycles. The molecule has 2 nitrogen and oxygen atoms in total. The molecule has 0 radical (unpaired) electrons. The SMILES string of the molecule is Cc1nc(C(=O)Cl)cs1.Cl. The highest BCUT2D eigenvalue weighted by Crippen LogP contribution is 2.09. The van der Waals surface area contributed by atoms with Gasteiger partial charge in [-0.25, -0.2) is 4.98 Å². The molecular formula is C5H5Cl2NOS. The Kier molecular flexibility index (Phi) is 3.86. The summed E-state index contributed by atoms with van der Waals surface area (Å²) in [6.45, 7) is 1.83. The molecule has 0 aliphatic carbocycles. The number of thiazole rings is 1. The van der Waals surface area contributed by atoms with Crippen LogP contribution in [0.15, 0.2) is 5.38 Å². The zero-order valence-electron chi connectivity index (χ0n) is 5.13. The maximum Gasteiger partial charge on any atom is 0.271 e. The number of nitrogens with zero attached hydrogens (tertiary/aromatic N) is 1. The lowest BCUT2D eigenvalue weighted by Gasteiger charge is -1.77. The Bertz CT molecular complexity index is 235. The number of rotatable bonds is 1. The first-order valence-electron chi connectivity index (χ1n) is 2.32. The van der Waals surface area contributed by atoms with E-state index in [4.69, 9.17) is 11.6 Å². The van der Waals surface area contributed by atoms with E-state index < -0.39 is 5.24 Å². The topological polar surface area (TPSA) is 30.0 Å². The van der Waals surface area contributed by atoms with Crippen LogP contribution in [0.2, 0.25) is 0 Å². The van der Waals surface area contributed by atoms with Crippen molar-refractivity contribution in [3.8, 4) is 0 Å². The molecular weight excluding hydrogens is 193 g/mol. The van der Waals surface area contributed by atoms with Crippen molar-refractivity contribution in [2.45, 2.75) is 6.92 Å². The fraction of sp³-hybridized carbons (Fsp3) is 0.200. The van der Waals surface area contributed by atoms with E-state index in [1.54, 1.807) is 5.38 Å². The van der Waals surface area contributed by atoms with E-state index in [9.17, 15) is 4.79 Å². The fourth-order valence-electron chi connectivity index (χ4n) is 0.454. The summed E-state index contributed by atoms with van der Waals surface area (Å²) in [5.41, 5.74) is 0.346. The van der Waals surface area contributed by atoms with E-state index >= 15 is 0 Å². The van der Waals surface area contributed by atoms with E-state index in [0.717, 1.165) is 5.01 Å². The van der Waals surface area contributed by atoms with Crippen LogP contribution < -0.4 is 0 Å². The van der Waals surface area contributed by atoms with Gasteiger partial charge in [-0.1, -0.05) is 0 Å². The fourth-order valence-corrected chi connectivity index (χ4v) is 1.21. The van der Waals surface area contributed by atoms with Crippen LogP contribution >= 0.6 is 35.3 Å². The number of carbonyl (C=O) groups excluding carboxylic acids is 1. The van der Waals surface area contributed by atoms with Gasteiger partial charge in [0.25, 0.3) is 5.24 Å². The molecule has 1 aromatic rings. The number of aryl methyl sites for hydroxylation is 1. The van der Waals surface area contributed by atoms with Crippen molar-refractivity contribution < 1.29 is 4.79 Å². The summed E-state index contributed by atoms with van der Waals surface area (Å²) < 4.78 is 0. The van der Waals surface area contributed by atoms with Gasteiger partial charge >= 0.3 is 0 Å². The molecule has 0 saturated heterocycles. The molecule has 0 aliphatic rings. The summed E-state index contributed by atoms with van der Waals surface area (Å²) in [4.78, 5) is 14.2. The van der Waals surface area contributed by atoms with Crippen LogP contribution in [-0.2, 0) is 0 Å². The summed E-state index contributed by atoms with van der Waals surface area (Å²) in [6.07, 6.45) is 0. The average Bonchev–Trinajstić information content (AvgIpc) is 2.14. The van der Waals surface area contributed by atoms with Gasteiger partial charge in [-0.3, -0.25) is 4.79 Å². The maximum absolute atomic E-state index is 10.4. The number of hydrogen-bond donors (Lipinski definition) is 0. The van der Waals surface area contributed by atoms with Crippen LogP contribution in [0.3, 0.4) is 0 Å². The summed E-state index contributed by atoms with van der Waals surface area (Å²) in [5.74, 6) is 0. The first-order chi connectivity index (χ1) is 4.20. The van der Waals surface area contributed by atoms with Crippen LogP contribution in [0.4, 0.5) is 0 Å². The second kappa shape index (κ2) is 3.91. The van der Waals surface area contributed by atoms with Gasteiger partial charge in [-0.2, -0.15) is 0 Å². The van der Waals surface area contributed by atoms with Gasteiger partial charge in [0.05, 0.1) is 5.01 Å². The van der Waals surface area contributed by atoms with Crippen molar-refractivity contribution in [2.75, 3.05) is 0 Å². The van der Waals surface area contributed by atoms with Gasteiger partial charge in [-0.15, -0.1) is 23.7 Å². The Labute approximate surface area is 73.6 Å². The van der Waals surface area contributed by atoms with E-state index in [-0.39, 0.29) is 12.4 Å². The highest BCUT2D eigenvalue weighted by atomic mass is 35.5. The van der Waals surface area contributed by atoms with Crippen molar-refractivity contribution >= 4 is 40.6 Å². The first kappa shape index (κ1) is 9.88. The smallest absolute Gasteiger partial charge is 0.271 e. The number of hydrogen-bond acceptors (Lipinski definition) is 3. The zero-order valence-corrected chi connectivity index (χ0v) is 7.52. The number of carbonyl (C=O) groups is 1. The maximum atomic E-state index is 10.4. The highest BCUT2D eigenvalue weighted by Gasteiger charge is 2.03. The minimum atomic E-state index is -0.487. The summed E-state index contributed by atoms with van der Waals surface area (Å²) in [7, 11) is 0. The third-order valence-electron chi connectivity index (χ3n) is 0.820. The Balaban J connectivity index is 0.000000810. The van der Waals surface area contributed by atoms with Crippen LogP contribution in [-0.4, -0.2) is 10.2 Å². The lowest BCUT2D eigenvalue weighted by Crippen LogP contribution is -1.86. The molecule has 1 rings (SSSR count). The quantitative estimate of drug-likeness (QED) is 0.647. The van der Waals surface area contributed by atoms with Gasteiger partial charge in [0.1, 0.15) is 5.69 Å². The lowest BCUT2D eigenvalue weighted by molar-refractivity contribution is 0.107. The number of halogens is 2. The Morgan fingerprint density at radius 2 is 2.40 bits per heavy atom. The second-order valence-corrected chi connectivity index (χ2v) is 2.93. The van der Waals surface area contributed by atoms with Gasteiger partial charge in [0.2, 0.25) is 0 Å². The molecule has 1 aromatic heterocycles. The second-order valence-electron chi connectivity index (χ2n) is 1.53. The Hall–Kier alpha value is -0.120. The highest BCUT2D eigenvalue weighted by molar-refractivity contribution is 7.09. The van der Waals surface area contributed by atoms with Gasteiger partial charge < -0.3 is 0 Å². The van der Waals surface area contributed by atoms with E-state index in [2.05, 4.69) is 4.98 Å². The first-order valence-corrected chi connectivity index (χ1v) is 3.58. The van der Waals surface area contributed by atoms with Crippen molar-refractivity contribution in [2.24, 2.45) is 0 Å². The van der Waals surface area contributed by atoms with Crippen LogP contribution in [0.5, 0.6) is 0 Å². The molecule has 0 aromatic carbocycles. The van der Waals surface area contributed by atoms with Crippen LogP contribution in [0.25, 0.3) is 0 Å². The Morgan fingerprint density at radius 3 is 2.60 bits per heavy atom. The molecule has 0 aliphatic heterocycles. The molecule has 0 bridgehead atoms. The Morgan fingerprint density at radius 1 is 1.80 bits per heavy atom. The molecule has 5 heteroatoms. The monoisotopic (exact) mass is 197 g/mol. The van der Waals surface area contributed by atoms with Crippen molar-refractivity contribution in [1.82, 2.24) is 4.98 Å². The summed E-state index contributed by atoms with van der Waals surface area (Å²) >= 11 is 6.54. The average molecular weight is 198 g/mol. The minimum Gasteiger partial charge on any atom is -0.274 e. The third kappa shape index (κ3) is 2.25. The third-order valence-corrected chi connectivity index (χ3v) is 1.79. The predicted octanol–water partition coefficient (Wildman–Crippen LogP) is 2.25. The van der Waals surface area contributed by atoms with Crippen LogP contribution in [0, 0.1) is 6.92 Å². The van der Waals surface area contributed by atoms with E-state index in [1.807, 2.05) is 6.92 Å². The van der Waals surface area contributed by atoms with Crippen molar-refractivity contribution in [3.63, 3.8) is 0 Å². The molecule has 56 valence electrons. The predicted molar refractivity (Wildman–Crippen MR) is 44.3 cm³/mol. The molecule has 0 amide bonds. The van der Waals surface area contributed by atoms with Gasteiger partial charge in [0, 0.05) is 5.38 Å². The van der Waals surface area contributed by atoms with E-state index in [1.165, 1.54) is 11.3 Å². The molecule has 0 N–H and O–H groups in total.